The summed E-state index contributed by atoms with van der Waals surface area (Å²) in [5.41, 5.74) is 0. The van der Waals surface area contributed by atoms with Crippen molar-refractivity contribution in [2.75, 3.05) is 32.7 Å². The van der Waals surface area contributed by atoms with E-state index in [9.17, 15) is 0 Å². The van der Waals surface area contributed by atoms with Gasteiger partial charge in [0, 0.05) is 31.2 Å². The number of hydrogen-bond acceptors (Lipinski definition) is 3. The third-order valence-corrected chi connectivity index (χ3v) is 5.67. The Labute approximate surface area is 125 Å². The zero-order valence-corrected chi connectivity index (χ0v) is 13.5. The van der Waals surface area contributed by atoms with Crippen LogP contribution in [0.3, 0.4) is 0 Å². The topological polar surface area (TPSA) is 18.5 Å². The molecule has 0 spiro atoms. The highest BCUT2D eigenvalue weighted by atomic mass is 15.2. The lowest BCUT2D eigenvalue weighted by Crippen LogP contribution is -2.50. The van der Waals surface area contributed by atoms with Crippen molar-refractivity contribution in [3.05, 3.63) is 0 Å². The molecule has 0 amide bonds. The Hall–Kier alpha value is -0.120. The Kier molecular flexibility index (Phi) is 5.00. The van der Waals surface area contributed by atoms with E-state index in [0.29, 0.717) is 0 Å². The fourth-order valence-electron chi connectivity index (χ4n) is 4.85. The van der Waals surface area contributed by atoms with E-state index in [0.717, 1.165) is 30.6 Å². The fraction of sp³-hybridized carbons (Fsp3) is 1.00. The second-order valence-electron chi connectivity index (χ2n) is 7.42. The van der Waals surface area contributed by atoms with E-state index in [2.05, 4.69) is 29.0 Å². The zero-order valence-electron chi connectivity index (χ0n) is 13.5. The first-order chi connectivity index (χ1) is 9.76. The van der Waals surface area contributed by atoms with Gasteiger partial charge in [-0.15, -0.1) is 0 Å². The quantitative estimate of drug-likeness (QED) is 0.805. The minimum atomic E-state index is 0.794. The van der Waals surface area contributed by atoms with Crippen LogP contribution >= 0.6 is 0 Å². The molecular weight excluding hydrogens is 246 g/mol. The summed E-state index contributed by atoms with van der Waals surface area (Å²) in [7, 11) is 0. The van der Waals surface area contributed by atoms with E-state index in [1.807, 2.05) is 0 Å². The van der Waals surface area contributed by atoms with Crippen LogP contribution in [0.2, 0.25) is 0 Å². The summed E-state index contributed by atoms with van der Waals surface area (Å²) in [5, 5.41) is 3.68. The third-order valence-electron chi connectivity index (χ3n) is 5.67. The molecule has 3 rings (SSSR count). The molecule has 3 unspecified atom stereocenters. The van der Waals surface area contributed by atoms with Crippen molar-refractivity contribution in [2.45, 2.75) is 70.5 Å². The number of nitrogens with zero attached hydrogens (tertiary/aromatic N) is 2. The summed E-state index contributed by atoms with van der Waals surface area (Å²) in [4.78, 5) is 5.55. The van der Waals surface area contributed by atoms with Crippen LogP contribution in [-0.4, -0.2) is 60.6 Å². The van der Waals surface area contributed by atoms with Gasteiger partial charge >= 0.3 is 0 Å². The van der Waals surface area contributed by atoms with Crippen LogP contribution in [0, 0.1) is 5.92 Å². The van der Waals surface area contributed by atoms with Crippen LogP contribution in [0.1, 0.15) is 52.4 Å². The van der Waals surface area contributed by atoms with E-state index in [4.69, 9.17) is 0 Å². The molecule has 0 saturated carbocycles. The van der Waals surface area contributed by atoms with Crippen molar-refractivity contribution in [2.24, 2.45) is 5.92 Å². The number of fused-ring (bicyclic) bond motifs is 2. The maximum atomic E-state index is 3.68. The minimum absolute atomic E-state index is 0.794. The SMILES string of the molecule is CCNC1CC2CCC(C1)N2CC(C)CN1CCCC1. The average molecular weight is 279 g/mol. The van der Waals surface area contributed by atoms with Crippen molar-refractivity contribution in [1.29, 1.82) is 0 Å². The maximum absolute atomic E-state index is 3.68. The van der Waals surface area contributed by atoms with Crippen LogP contribution in [0.25, 0.3) is 0 Å². The molecule has 3 heterocycles. The first kappa shape index (κ1) is 14.8. The molecule has 20 heavy (non-hydrogen) atoms. The first-order valence-corrected chi connectivity index (χ1v) is 8.97. The maximum Gasteiger partial charge on any atom is 0.0114 e. The van der Waals surface area contributed by atoms with Crippen LogP contribution in [-0.2, 0) is 0 Å². The van der Waals surface area contributed by atoms with E-state index >= 15 is 0 Å². The van der Waals surface area contributed by atoms with E-state index in [1.54, 1.807) is 0 Å². The van der Waals surface area contributed by atoms with Gasteiger partial charge in [-0.2, -0.15) is 0 Å². The lowest BCUT2D eigenvalue weighted by molar-refractivity contribution is 0.0929. The van der Waals surface area contributed by atoms with Gasteiger partial charge in [-0.1, -0.05) is 13.8 Å². The van der Waals surface area contributed by atoms with E-state index in [1.165, 1.54) is 64.7 Å². The first-order valence-electron chi connectivity index (χ1n) is 8.97. The molecule has 116 valence electrons. The van der Waals surface area contributed by atoms with Crippen molar-refractivity contribution in [1.82, 2.24) is 15.1 Å². The second-order valence-corrected chi connectivity index (χ2v) is 7.42. The summed E-state index contributed by atoms with van der Waals surface area (Å²) in [6.45, 7) is 11.2. The van der Waals surface area contributed by atoms with Gasteiger partial charge in [0.05, 0.1) is 0 Å². The average Bonchev–Trinajstić information content (AvgIpc) is 2.98. The lowest BCUT2D eigenvalue weighted by Gasteiger charge is -2.41. The molecule has 3 aliphatic rings. The number of nitrogens with one attached hydrogen (secondary N) is 1. The molecule has 3 saturated heterocycles. The van der Waals surface area contributed by atoms with Gasteiger partial charge in [-0.3, -0.25) is 4.90 Å². The monoisotopic (exact) mass is 279 g/mol. The molecule has 0 aromatic carbocycles. The van der Waals surface area contributed by atoms with Crippen molar-refractivity contribution in [3.63, 3.8) is 0 Å². The van der Waals surface area contributed by atoms with Crippen LogP contribution in [0.15, 0.2) is 0 Å². The molecule has 2 bridgehead atoms. The highest BCUT2D eigenvalue weighted by molar-refractivity contribution is 4.97. The van der Waals surface area contributed by atoms with Crippen molar-refractivity contribution in [3.8, 4) is 0 Å². The third kappa shape index (κ3) is 3.37. The summed E-state index contributed by atoms with van der Waals surface area (Å²) in [6.07, 6.45) is 8.52. The second kappa shape index (κ2) is 6.76. The molecule has 1 N–H and O–H groups in total. The highest BCUT2D eigenvalue weighted by Gasteiger charge is 2.40. The highest BCUT2D eigenvalue weighted by Crippen LogP contribution is 2.36. The van der Waals surface area contributed by atoms with Gasteiger partial charge in [-0.25, -0.2) is 0 Å². The van der Waals surface area contributed by atoms with Crippen molar-refractivity contribution >= 4 is 0 Å². The predicted molar refractivity (Wildman–Crippen MR) is 85.1 cm³/mol. The minimum Gasteiger partial charge on any atom is -0.314 e. The molecule has 3 heteroatoms. The van der Waals surface area contributed by atoms with Crippen molar-refractivity contribution < 1.29 is 0 Å². The zero-order chi connectivity index (χ0) is 13.9. The summed E-state index contributed by atoms with van der Waals surface area (Å²) in [6, 6.07) is 2.54. The lowest BCUT2D eigenvalue weighted by atomic mass is 9.96. The smallest absolute Gasteiger partial charge is 0.0114 e. The van der Waals surface area contributed by atoms with Crippen LogP contribution < -0.4 is 5.32 Å². The Morgan fingerprint density at radius 2 is 1.70 bits per heavy atom. The van der Waals surface area contributed by atoms with Crippen LogP contribution in [0.4, 0.5) is 0 Å². The molecule has 0 aromatic heterocycles. The molecule has 3 fully saturated rings. The van der Waals surface area contributed by atoms with Gasteiger partial charge in [-0.05, 0) is 64.1 Å². The number of rotatable bonds is 6. The molecule has 0 aliphatic carbocycles. The fourth-order valence-corrected chi connectivity index (χ4v) is 4.85. The summed E-state index contributed by atoms with van der Waals surface area (Å²) >= 11 is 0. The predicted octanol–water partition coefficient (Wildman–Crippen LogP) is 2.32. The molecule has 3 nitrogen and oxygen atoms in total. The Balaban J connectivity index is 1.48. The largest absolute Gasteiger partial charge is 0.314 e. The molecule has 0 radical (unpaired) electrons. The summed E-state index contributed by atoms with van der Waals surface area (Å²) in [5.74, 6) is 0.840. The number of likely N-dealkylation sites (tertiary alicyclic amines) is 1. The molecule has 3 aliphatic heterocycles. The normalized spacial score (nSPS) is 36.6. The molecule has 3 atom stereocenters. The standard InChI is InChI=1S/C17H33N3/c1-3-18-15-10-16-6-7-17(11-15)20(16)13-14(2)12-19-8-4-5-9-19/h14-18H,3-13H2,1-2H3. The Bertz CT molecular complexity index is 287. The Morgan fingerprint density at radius 1 is 1.05 bits per heavy atom. The number of piperidine rings is 1. The van der Waals surface area contributed by atoms with Gasteiger partial charge in [0.2, 0.25) is 0 Å². The van der Waals surface area contributed by atoms with Crippen LogP contribution in [0.5, 0.6) is 0 Å². The number of hydrogen-bond donors (Lipinski definition) is 1. The summed E-state index contributed by atoms with van der Waals surface area (Å²) < 4.78 is 0. The van der Waals surface area contributed by atoms with E-state index < -0.39 is 0 Å². The van der Waals surface area contributed by atoms with Gasteiger partial charge in [0.1, 0.15) is 0 Å². The van der Waals surface area contributed by atoms with Gasteiger partial charge in [0.25, 0.3) is 0 Å². The Morgan fingerprint density at radius 3 is 2.30 bits per heavy atom. The van der Waals surface area contributed by atoms with Gasteiger partial charge in [0.15, 0.2) is 0 Å². The van der Waals surface area contributed by atoms with E-state index in [-0.39, 0.29) is 0 Å². The van der Waals surface area contributed by atoms with Gasteiger partial charge < -0.3 is 10.2 Å². The molecule has 0 aromatic rings. The molecular formula is C17H33N3.